The van der Waals surface area contributed by atoms with Gasteiger partial charge in [-0.3, -0.25) is 0 Å². The van der Waals surface area contributed by atoms with Crippen LogP contribution < -0.4 is 0 Å². The van der Waals surface area contributed by atoms with Gasteiger partial charge >= 0.3 is 0 Å². The molecular weight excluding hydrogens is 194 g/mol. The van der Waals surface area contributed by atoms with Gasteiger partial charge in [-0.25, -0.2) is 9.67 Å². The maximum absolute atomic E-state index is 4.41. The second-order valence-electron chi connectivity index (χ2n) is 2.91. The summed E-state index contributed by atoms with van der Waals surface area (Å²) in [6, 6.07) is 10.1. The highest BCUT2D eigenvalue weighted by atomic mass is 32.2. The van der Waals surface area contributed by atoms with Gasteiger partial charge in [-0.15, -0.1) is 5.10 Å². The summed E-state index contributed by atoms with van der Waals surface area (Å²) in [7, 11) is 1.91. The van der Waals surface area contributed by atoms with Crippen LogP contribution in [0, 0.1) is 0 Å². The fraction of sp³-hybridized carbons (Fsp3) is 0.200. The first-order valence-electron chi connectivity index (χ1n) is 4.31. The zero-order chi connectivity index (χ0) is 9.97. The molecule has 2 aromatic rings. The highest BCUT2D eigenvalue weighted by Crippen LogP contribution is 2.18. The molecule has 3 nitrogen and oxygen atoms in total. The number of nitrogens with zero attached hydrogens (tertiary/aromatic N) is 3. The quantitative estimate of drug-likeness (QED) is 0.704. The summed E-state index contributed by atoms with van der Waals surface area (Å²) in [5.74, 6) is 0.912. The fourth-order valence-corrected chi connectivity index (χ4v) is 1.67. The van der Waals surface area contributed by atoms with E-state index < -0.39 is 0 Å². The Morgan fingerprint density at radius 3 is 2.50 bits per heavy atom. The van der Waals surface area contributed by atoms with Crippen LogP contribution in [0.4, 0.5) is 0 Å². The molecule has 0 aliphatic carbocycles. The highest BCUT2D eigenvalue weighted by Gasteiger charge is 2.07. The first-order chi connectivity index (χ1) is 6.81. The Kier molecular flexibility index (Phi) is 2.54. The standard InChI is InChI=1S/C10H11N3S/c1-13-9(11-10(12-13)14-2)8-6-4-3-5-7-8/h3-7H,1-2H3. The predicted octanol–water partition coefficient (Wildman–Crippen LogP) is 2.20. The molecule has 72 valence electrons. The van der Waals surface area contributed by atoms with Crippen molar-refractivity contribution in [3.8, 4) is 11.4 Å². The Balaban J connectivity index is 2.46. The molecule has 0 saturated heterocycles. The summed E-state index contributed by atoms with van der Waals surface area (Å²) in [6.45, 7) is 0. The van der Waals surface area contributed by atoms with Crippen molar-refractivity contribution in [3.63, 3.8) is 0 Å². The van der Waals surface area contributed by atoms with Crippen LogP contribution in [0.5, 0.6) is 0 Å². The van der Waals surface area contributed by atoms with E-state index in [9.17, 15) is 0 Å². The smallest absolute Gasteiger partial charge is 0.208 e. The Labute approximate surface area is 87.2 Å². The maximum Gasteiger partial charge on any atom is 0.208 e. The van der Waals surface area contributed by atoms with Crippen molar-refractivity contribution in [3.05, 3.63) is 30.3 Å². The van der Waals surface area contributed by atoms with E-state index in [1.807, 2.05) is 43.6 Å². The van der Waals surface area contributed by atoms with Gasteiger partial charge in [0.2, 0.25) is 5.16 Å². The molecule has 0 saturated carbocycles. The highest BCUT2D eigenvalue weighted by molar-refractivity contribution is 7.98. The SMILES string of the molecule is CSc1nc(-c2ccccc2)n(C)n1. The van der Waals surface area contributed by atoms with Crippen LogP contribution in [0.1, 0.15) is 0 Å². The van der Waals surface area contributed by atoms with Gasteiger partial charge < -0.3 is 0 Å². The van der Waals surface area contributed by atoms with Gasteiger partial charge in [0.25, 0.3) is 0 Å². The normalized spacial score (nSPS) is 10.4. The van der Waals surface area contributed by atoms with Crippen molar-refractivity contribution in [2.45, 2.75) is 5.16 Å². The average Bonchev–Trinajstić information content (AvgIpc) is 2.61. The van der Waals surface area contributed by atoms with Crippen LogP contribution in [-0.4, -0.2) is 21.0 Å². The lowest BCUT2D eigenvalue weighted by Crippen LogP contribution is -1.93. The molecule has 2 rings (SSSR count). The molecule has 0 aliphatic heterocycles. The van der Waals surface area contributed by atoms with E-state index in [4.69, 9.17) is 0 Å². The summed E-state index contributed by atoms with van der Waals surface area (Å²) in [5, 5.41) is 5.09. The minimum absolute atomic E-state index is 0.811. The lowest BCUT2D eigenvalue weighted by molar-refractivity contribution is 0.744. The first-order valence-corrected chi connectivity index (χ1v) is 5.54. The molecule has 0 fully saturated rings. The largest absolute Gasteiger partial charge is 0.248 e. The number of rotatable bonds is 2. The van der Waals surface area contributed by atoms with E-state index >= 15 is 0 Å². The van der Waals surface area contributed by atoms with Gasteiger partial charge in [-0.05, 0) is 6.26 Å². The topological polar surface area (TPSA) is 30.7 Å². The lowest BCUT2D eigenvalue weighted by atomic mass is 10.2. The van der Waals surface area contributed by atoms with Crippen LogP contribution in [0.15, 0.2) is 35.5 Å². The summed E-state index contributed by atoms with van der Waals surface area (Å²) in [5.41, 5.74) is 1.10. The van der Waals surface area contributed by atoms with Crippen molar-refractivity contribution in [2.75, 3.05) is 6.26 Å². The van der Waals surface area contributed by atoms with Crippen LogP contribution in [-0.2, 0) is 7.05 Å². The molecule has 0 spiro atoms. The van der Waals surface area contributed by atoms with E-state index in [0.29, 0.717) is 0 Å². The number of aryl methyl sites for hydroxylation is 1. The number of benzene rings is 1. The molecular formula is C10H11N3S. The summed E-state index contributed by atoms with van der Waals surface area (Å²) >= 11 is 1.56. The minimum atomic E-state index is 0.811. The summed E-state index contributed by atoms with van der Waals surface area (Å²) < 4.78 is 1.81. The van der Waals surface area contributed by atoms with Gasteiger partial charge in [0.05, 0.1) is 0 Å². The third-order valence-electron chi connectivity index (χ3n) is 1.96. The average molecular weight is 205 g/mol. The van der Waals surface area contributed by atoms with E-state index in [0.717, 1.165) is 16.5 Å². The number of thioether (sulfide) groups is 1. The maximum atomic E-state index is 4.41. The molecule has 14 heavy (non-hydrogen) atoms. The Morgan fingerprint density at radius 1 is 1.21 bits per heavy atom. The third-order valence-corrected chi connectivity index (χ3v) is 2.50. The number of hydrogen-bond donors (Lipinski definition) is 0. The van der Waals surface area contributed by atoms with Gasteiger partial charge in [0.15, 0.2) is 5.82 Å². The molecule has 1 aromatic heterocycles. The van der Waals surface area contributed by atoms with Gasteiger partial charge in [-0.1, -0.05) is 42.1 Å². The zero-order valence-electron chi connectivity index (χ0n) is 8.14. The second kappa shape index (κ2) is 3.84. The van der Waals surface area contributed by atoms with E-state index in [1.165, 1.54) is 0 Å². The molecule has 4 heteroatoms. The van der Waals surface area contributed by atoms with Gasteiger partial charge in [-0.2, -0.15) is 0 Å². The molecule has 0 unspecified atom stereocenters. The Morgan fingerprint density at radius 2 is 1.93 bits per heavy atom. The van der Waals surface area contributed by atoms with E-state index in [-0.39, 0.29) is 0 Å². The van der Waals surface area contributed by atoms with Crippen molar-refractivity contribution in [1.29, 1.82) is 0 Å². The zero-order valence-corrected chi connectivity index (χ0v) is 8.95. The van der Waals surface area contributed by atoms with Crippen LogP contribution in [0.25, 0.3) is 11.4 Å². The second-order valence-corrected chi connectivity index (χ2v) is 3.69. The van der Waals surface area contributed by atoms with Crippen molar-refractivity contribution >= 4 is 11.8 Å². The van der Waals surface area contributed by atoms with E-state index in [1.54, 1.807) is 16.4 Å². The van der Waals surface area contributed by atoms with Crippen LogP contribution in [0.2, 0.25) is 0 Å². The molecule has 0 aliphatic rings. The van der Waals surface area contributed by atoms with Gasteiger partial charge in [0, 0.05) is 12.6 Å². The molecule has 1 aromatic carbocycles. The van der Waals surface area contributed by atoms with Crippen molar-refractivity contribution in [1.82, 2.24) is 14.8 Å². The molecule has 0 bridgehead atoms. The third kappa shape index (κ3) is 1.65. The van der Waals surface area contributed by atoms with Crippen LogP contribution in [0.3, 0.4) is 0 Å². The van der Waals surface area contributed by atoms with Crippen LogP contribution >= 0.6 is 11.8 Å². The molecule has 0 atom stereocenters. The summed E-state index contributed by atoms with van der Waals surface area (Å²) in [6.07, 6.45) is 1.98. The first kappa shape index (κ1) is 9.27. The lowest BCUT2D eigenvalue weighted by Gasteiger charge is -1.97. The summed E-state index contributed by atoms with van der Waals surface area (Å²) in [4.78, 5) is 4.41. The molecule has 0 N–H and O–H groups in total. The Hall–Kier alpha value is -1.29. The van der Waals surface area contributed by atoms with Crippen molar-refractivity contribution < 1.29 is 0 Å². The predicted molar refractivity (Wildman–Crippen MR) is 58.2 cm³/mol. The van der Waals surface area contributed by atoms with Gasteiger partial charge in [0.1, 0.15) is 0 Å². The van der Waals surface area contributed by atoms with E-state index in [2.05, 4.69) is 10.1 Å². The number of hydrogen-bond acceptors (Lipinski definition) is 3. The molecule has 0 radical (unpaired) electrons. The van der Waals surface area contributed by atoms with Crippen molar-refractivity contribution in [2.24, 2.45) is 7.05 Å². The Bertz CT molecular complexity index is 422. The monoisotopic (exact) mass is 205 g/mol. The number of aromatic nitrogens is 3. The minimum Gasteiger partial charge on any atom is -0.248 e. The molecule has 0 amide bonds. The fourth-order valence-electron chi connectivity index (χ4n) is 1.29. The molecule has 1 heterocycles.